The van der Waals surface area contributed by atoms with Crippen molar-refractivity contribution in [1.82, 2.24) is 4.98 Å². The second-order valence-corrected chi connectivity index (χ2v) is 4.63. The van der Waals surface area contributed by atoms with Crippen molar-refractivity contribution in [2.24, 2.45) is 0 Å². The van der Waals surface area contributed by atoms with Gasteiger partial charge in [-0.3, -0.25) is 10.1 Å². The van der Waals surface area contributed by atoms with Gasteiger partial charge in [0.05, 0.1) is 4.92 Å². The number of pyridine rings is 1. The molecule has 0 aliphatic heterocycles. The first-order valence-electron chi connectivity index (χ1n) is 6.42. The van der Waals surface area contributed by atoms with Crippen molar-refractivity contribution in [3.05, 3.63) is 70.4 Å². The number of non-ortho nitro benzene ring substituents is 1. The van der Waals surface area contributed by atoms with Gasteiger partial charge in [0.2, 0.25) is 0 Å². The molecule has 0 radical (unpaired) electrons. The molecular formula is C16H12N2O3. The Bertz CT molecular complexity index is 813. The molecule has 0 saturated carbocycles. The maximum Gasteiger partial charge on any atom is 0.269 e. The zero-order valence-electron chi connectivity index (χ0n) is 11.3. The summed E-state index contributed by atoms with van der Waals surface area (Å²) in [4.78, 5) is 14.7. The summed E-state index contributed by atoms with van der Waals surface area (Å²) >= 11 is 0. The van der Waals surface area contributed by atoms with Crippen molar-refractivity contribution < 1.29 is 9.66 Å². The van der Waals surface area contributed by atoms with Crippen molar-refractivity contribution in [3.8, 4) is 11.5 Å². The van der Waals surface area contributed by atoms with Gasteiger partial charge in [-0.25, -0.2) is 4.98 Å². The molecular weight excluding hydrogens is 268 g/mol. The highest BCUT2D eigenvalue weighted by Crippen LogP contribution is 2.29. The van der Waals surface area contributed by atoms with Crippen molar-refractivity contribution in [2.45, 2.75) is 6.92 Å². The van der Waals surface area contributed by atoms with E-state index in [0.29, 0.717) is 11.5 Å². The molecule has 1 heterocycles. The minimum Gasteiger partial charge on any atom is -0.455 e. The Morgan fingerprint density at radius 1 is 1.05 bits per heavy atom. The third kappa shape index (κ3) is 2.67. The van der Waals surface area contributed by atoms with Gasteiger partial charge in [0.25, 0.3) is 5.69 Å². The molecule has 0 unspecified atom stereocenters. The fourth-order valence-corrected chi connectivity index (χ4v) is 2.06. The SMILES string of the molecule is Cc1ccc2cccc(Oc3ccc([N+](=O)[O-])cc3)c2n1. The number of aromatic nitrogens is 1. The Labute approximate surface area is 121 Å². The van der Waals surface area contributed by atoms with Crippen LogP contribution in [0, 0.1) is 17.0 Å². The quantitative estimate of drug-likeness (QED) is 0.531. The molecule has 3 aromatic rings. The number of hydrogen-bond acceptors (Lipinski definition) is 4. The van der Waals surface area contributed by atoms with Crippen LogP contribution in [0.5, 0.6) is 11.5 Å². The second kappa shape index (κ2) is 5.20. The minimum absolute atomic E-state index is 0.0363. The molecule has 0 fully saturated rings. The first-order chi connectivity index (χ1) is 10.1. The van der Waals surface area contributed by atoms with Gasteiger partial charge in [-0.1, -0.05) is 18.2 Å². The minimum atomic E-state index is -0.438. The highest BCUT2D eigenvalue weighted by molar-refractivity contribution is 5.84. The van der Waals surface area contributed by atoms with Crippen LogP contribution >= 0.6 is 0 Å². The van der Waals surface area contributed by atoms with Crippen LogP contribution in [0.25, 0.3) is 10.9 Å². The predicted octanol–water partition coefficient (Wildman–Crippen LogP) is 4.24. The molecule has 0 spiro atoms. The standard InChI is InChI=1S/C16H12N2O3/c1-11-5-6-12-3-2-4-15(16(12)17-11)21-14-9-7-13(8-10-14)18(19)20/h2-10H,1H3. The molecule has 0 aliphatic carbocycles. The van der Waals surface area contributed by atoms with Crippen LogP contribution in [-0.4, -0.2) is 9.91 Å². The monoisotopic (exact) mass is 280 g/mol. The van der Waals surface area contributed by atoms with Crippen LogP contribution in [-0.2, 0) is 0 Å². The smallest absolute Gasteiger partial charge is 0.269 e. The third-order valence-electron chi connectivity index (χ3n) is 3.10. The van der Waals surface area contributed by atoms with E-state index >= 15 is 0 Å². The van der Waals surface area contributed by atoms with Crippen LogP contribution in [0.15, 0.2) is 54.6 Å². The van der Waals surface area contributed by atoms with E-state index in [0.717, 1.165) is 16.6 Å². The molecule has 2 aromatic carbocycles. The molecule has 104 valence electrons. The molecule has 0 N–H and O–H groups in total. The van der Waals surface area contributed by atoms with Crippen LogP contribution in [0.1, 0.15) is 5.69 Å². The Kier molecular flexibility index (Phi) is 3.23. The number of nitrogens with zero attached hydrogens (tertiary/aromatic N) is 2. The van der Waals surface area contributed by atoms with E-state index in [-0.39, 0.29) is 5.69 Å². The number of fused-ring (bicyclic) bond motifs is 1. The first kappa shape index (κ1) is 13.1. The van der Waals surface area contributed by atoms with Gasteiger partial charge in [0.1, 0.15) is 11.3 Å². The summed E-state index contributed by atoms with van der Waals surface area (Å²) in [5.74, 6) is 1.17. The Balaban J connectivity index is 1.97. The highest BCUT2D eigenvalue weighted by atomic mass is 16.6. The van der Waals surface area contributed by atoms with Crippen molar-refractivity contribution in [1.29, 1.82) is 0 Å². The van der Waals surface area contributed by atoms with Crippen molar-refractivity contribution in [3.63, 3.8) is 0 Å². The maximum atomic E-state index is 10.6. The average molecular weight is 280 g/mol. The van der Waals surface area contributed by atoms with Crippen LogP contribution in [0.3, 0.4) is 0 Å². The summed E-state index contributed by atoms with van der Waals surface area (Å²) in [5.41, 5.74) is 1.72. The third-order valence-corrected chi connectivity index (χ3v) is 3.10. The Morgan fingerprint density at radius 3 is 2.52 bits per heavy atom. The molecule has 21 heavy (non-hydrogen) atoms. The first-order valence-corrected chi connectivity index (χ1v) is 6.42. The molecule has 0 bridgehead atoms. The second-order valence-electron chi connectivity index (χ2n) is 4.63. The Morgan fingerprint density at radius 2 is 1.81 bits per heavy atom. The van der Waals surface area contributed by atoms with Gasteiger partial charge < -0.3 is 4.74 Å². The maximum absolute atomic E-state index is 10.6. The van der Waals surface area contributed by atoms with Gasteiger partial charge in [-0.05, 0) is 31.2 Å². The van der Waals surface area contributed by atoms with Gasteiger partial charge in [-0.15, -0.1) is 0 Å². The fraction of sp³-hybridized carbons (Fsp3) is 0.0625. The number of rotatable bonds is 3. The number of benzene rings is 2. The molecule has 0 atom stereocenters. The van der Waals surface area contributed by atoms with Gasteiger partial charge >= 0.3 is 0 Å². The summed E-state index contributed by atoms with van der Waals surface area (Å²) in [6, 6.07) is 15.6. The predicted molar refractivity (Wildman–Crippen MR) is 79.7 cm³/mol. The summed E-state index contributed by atoms with van der Waals surface area (Å²) in [6.45, 7) is 1.92. The van der Waals surface area contributed by atoms with E-state index < -0.39 is 4.92 Å². The molecule has 0 aliphatic rings. The lowest BCUT2D eigenvalue weighted by atomic mass is 10.2. The van der Waals surface area contributed by atoms with Gasteiger partial charge in [0.15, 0.2) is 5.75 Å². The molecule has 3 rings (SSSR count). The van der Waals surface area contributed by atoms with E-state index in [9.17, 15) is 10.1 Å². The topological polar surface area (TPSA) is 65.3 Å². The van der Waals surface area contributed by atoms with Crippen LogP contribution in [0.2, 0.25) is 0 Å². The summed E-state index contributed by atoms with van der Waals surface area (Å²) in [7, 11) is 0. The van der Waals surface area contributed by atoms with E-state index in [1.807, 2.05) is 37.3 Å². The average Bonchev–Trinajstić information content (AvgIpc) is 2.48. The largest absolute Gasteiger partial charge is 0.455 e. The summed E-state index contributed by atoms with van der Waals surface area (Å²) < 4.78 is 5.80. The zero-order chi connectivity index (χ0) is 14.8. The number of nitro benzene ring substituents is 1. The molecule has 5 nitrogen and oxygen atoms in total. The van der Waals surface area contributed by atoms with Gasteiger partial charge in [0, 0.05) is 23.2 Å². The lowest BCUT2D eigenvalue weighted by molar-refractivity contribution is -0.384. The lowest BCUT2D eigenvalue weighted by Gasteiger charge is -2.08. The van der Waals surface area contributed by atoms with Gasteiger partial charge in [-0.2, -0.15) is 0 Å². The number of hydrogen-bond donors (Lipinski definition) is 0. The van der Waals surface area contributed by atoms with Crippen LogP contribution in [0.4, 0.5) is 5.69 Å². The van der Waals surface area contributed by atoms with E-state index in [2.05, 4.69) is 4.98 Å². The van der Waals surface area contributed by atoms with Crippen molar-refractivity contribution in [2.75, 3.05) is 0 Å². The van der Waals surface area contributed by atoms with Crippen molar-refractivity contribution >= 4 is 16.6 Å². The Hall–Kier alpha value is -2.95. The lowest BCUT2D eigenvalue weighted by Crippen LogP contribution is -1.91. The van der Waals surface area contributed by atoms with E-state index in [4.69, 9.17) is 4.74 Å². The fourth-order valence-electron chi connectivity index (χ4n) is 2.06. The summed E-state index contributed by atoms with van der Waals surface area (Å²) in [5, 5.41) is 11.6. The number of para-hydroxylation sites is 1. The van der Waals surface area contributed by atoms with E-state index in [1.165, 1.54) is 12.1 Å². The van der Waals surface area contributed by atoms with Crippen LogP contribution < -0.4 is 4.74 Å². The number of nitro groups is 1. The molecule has 0 saturated heterocycles. The molecule has 5 heteroatoms. The zero-order valence-corrected chi connectivity index (χ0v) is 11.3. The summed E-state index contributed by atoms with van der Waals surface area (Å²) in [6.07, 6.45) is 0. The number of aryl methyl sites for hydroxylation is 1. The molecule has 0 amide bonds. The molecule has 1 aromatic heterocycles. The number of ether oxygens (including phenoxy) is 1. The normalized spacial score (nSPS) is 10.5. The highest BCUT2D eigenvalue weighted by Gasteiger charge is 2.08. The van der Waals surface area contributed by atoms with E-state index in [1.54, 1.807) is 12.1 Å².